The van der Waals surface area contributed by atoms with Gasteiger partial charge in [0.2, 0.25) is 0 Å². The molecule has 1 saturated heterocycles. The molecule has 0 aromatic heterocycles. The van der Waals surface area contributed by atoms with E-state index < -0.39 is 0 Å². The van der Waals surface area contributed by atoms with Crippen molar-refractivity contribution < 1.29 is 14.3 Å². The minimum atomic E-state index is -0.223. The van der Waals surface area contributed by atoms with Crippen LogP contribution in [-0.2, 0) is 16.0 Å². The molecule has 0 amide bonds. The summed E-state index contributed by atoms with van der Waals surface area (Å²) >= 11 is 3.65. The Labute approximate surface area is 199 Å². The zero-order valence-electron chi connectivity index (χ0n) is 19.2. The second-order valence-corrected chi connectivity index (χ2v) is 9.80. The van der Waals surface area contributed by atoms with Crippen LogP contribution in [0.2, 0.25) is 0 Å². The van der Waals surface area contributed by atoms with E-state index in [9.17, 15) is 4.79 Å². The summed E-state index contributed by atoms with van der Waals surface area (Å²) in [6.45, 7) is 11.1. The molecule has 5 nitrogen and oxygen atoms in total. The fraction of sp³-hybridized carbons (Fsp3) is 0.500. The van der Waals surface area contributed by atoms with Crippen molar-refractivity contribution in [3.8, 4) is 5.75 Å². The molecule has 0 saturated carbocycles. The molecule has 2 aliphatic rings. The normalized spacial score (nSPS) is 21.5. The lowest BCUT2D eigenvalue weighted by Crippen LogP contribution is -2.49. The van der Waals surface area contributed by atoms with E-state index in [1.807, 2.05) is 31.2 Å². The van der Waals surface area contributed by atoms with Crippen molar-refractivity contribution in [2.75, 3.05) is 32.8 Å². The largest absolute Gasteiger partial charge is 0.485 e. The maximum atomic E-state index is 12.1. The average Bonchev–Trinajstić information content (AvgIpc) is 3.13. The van der Waals surface area contributed by atoms with Crippen molar-refractivity contribution >= 4 is 21.9 Å². The van der Waals surface area contributed by atoms with Gasteiger partial charge in [0.05, 0.1) is 13.0 Å². The molecular weight excluding hydrogens is 468 g/mol. The molecule has 1 fully saturated rings. The average molecular weight is 501 g/mol. The number of hydrogen-bond donors (Lipinski definition) is 0. The summed E-state index contributed by atoms with van der Waals surface area (Å²) in [7, 11) is 0. The Morgan fingerprint density at radius 2 is 1.84 bits per heavy atom. The van der Waals surface area contributed by atoms with Crippen LogP contribution in [-0.4, -0.2) is 54.6 Å². The number of ether oxygens (including phenoxy) is 2. The highest BCUT2D eigenvalue weighted by Gasteiger charge is 2.37. The highest BCUT2D eigenvalue weighted by atomic mass is 79.9. The van der Waals surface area contributed by atoms with Gasteiger partial charge in [-0.15, -0.1) is 0 Å². The molecule has 2 atom stereocenters. The van der Waals surface area contributed by atoms with E-state index in [4.69, 9.17) is 9.47 Å². The summed E-state index contributed by atoms with van der Waals surface area (Å²) < 4.78 is 12.8. The molecule has 172 valence electrons. The van der Waals surface area contributed by atoms with Gasteiger partial charge < -0.3 is 9.47 Å². The predicted molar refractivity (Wildman–Crippen MR) is 130 cm³/mol. The fourth-order valence-electron chi connectivity index (χ4n) is 4.89. The van der Waals surface area contributed by atoms with Gasteiger partial charge in [-0.05, 0) is 50.1 Å². The first kappa shape index (κ1) is 23.3. The molecule has 2 aromatic rings. The Morgan fingerprint density at radius 3 is 2.56 bits per heavy atom. The van der Waals surface area contributed by atoms with Crippen LogP contribution < -0.4 is 4.74 Å². The SMILES string of the molecule is CCOC(=O)Cc1ccccc1OC1CC(N2CCN(C(C)C)CC2)c2ccc(Br)cc21. The van der Waals surface area contributed by atoms with Crippen LogP contribution in [0.5, 0.6) is 5.75 Å². The van der Waals surface area contributed by atoms with Crippen molar-refractivity contribution in [3.63, 3.8) is 0 Å². The molecule has 0 N–H and O–H groups in total. The highest BCUT2D eigenvalue weighted by molar-refractivity contribution is 9.10. The van der Waals surface area contributed by atoms with Gasteiger partial charge in [-0.3, -0.25) is 14.6 Å². The molecule has 1 aliphatic heterocycles. The molecular formula is C26H33BrN2O3. The van der Waals surface area contributed by atoms with E-state index in [0.29, 0.717) is 18.7 Å². The van der Waals surface area contributed by atoms with Crippen LogP contribution >= 0.6 is 15.9 Å². The molecule has 1 aliphatic carbocycles. The van der Waals surface area contributed by atoms with Gasteiger partial charge in [0.1, 0.15) is 11.9 Å². The van der Waals surface area contributed by atoms with Crippen molar-refractivity contribution in [2.45, 2.75) is 51.8 Å². The number of nitrogens with zero attached hydrogens (tertiary/aromatic N) is 2. The Balaban J connectivity index is 1.54. The van der Waals surface area contributed by atoms with Crippen molar-refractivity contribution in [1.29, 1.82) is 0 Å². The molecule has 32 heavy (non-hydrogen) atoms. The van der Waals surface area contributed by atoms with E-state index in [0.717, 1.165) is 48.4 Å². The van der Waals surface area contributed by atoms with Crippen LogP contribution in [0.3, 0.4) is 0 Å². The zero-order chi connectivity index (χ0) is 22.7. The first-order chi connectivity index (χ1) is 15.5. The lowest BCUT2D eigenvalue weighted by Gasteiger charge is -2.40. The quantitative estimate of drug-likeness (QED) is 0.492. The number of carbonyl (C=O) groups excluding carboxylic acids is 1. The third-order valence-electron chi connectivity index (χ3n) is 6.59. The summed E-state index contributed by atoms with van der Waals surface area (Å²) in [5, 5.41) is 0. The molecule has 6 heteroatoms. The second-order valence-electron chi connectivity index (χ2n) is 8.89. The van der Waals surface area contributed by atoms with Gasteiger partial charge in [0.15, 0.2) is 0 Å². The van der Waals surface area contributed by atoms with Gasteiger partial charge in [0, 0.05) is 54.7 Å². The van der Waals surface area contributed by atoms with Crippen LogP contribution in [0.4, 0.5) is 0 Å². The standard InChI is InChI=1S/C26H33BrN2O3/c1-4-31-26(30)15-19-7-5-6-8-24(19)32-25-17-23(21-10-9-20(27)16-22(21)25)29-13-11-28(12-14-29)18(2)3/h5-10,16,18,23,25H,4,11-15,17H2,1-3H3. The van der Waals surface area contributed by atoms with Gasteiger partial charge in [-0.1, -0.05) is 40.2 Å². The van der Waals surface area contributed by atoms with Gasteiger partial charge in [-0.2, -0.15) is 0 Å². The Hall–Kier alpha value is -1.89. The number of carbonyl (C=O) groups is 1. The number of rotatable bonds is 7. The van der Waals surface area contributed by atoms with Gasteiger partial charge in [0.25, 0.3) is 0 Å². The van der Waals surface area contributed by atoms with Crippen molar-refractivity contribution in [1.82, 2.24) is 9.80 Å². The van der Waals surface area contributed by atoms with Gasteiger partial charge >= 0.3 is 5.97 Å². The molecule has 0 spiro atoms. The second kappa shape index (κ2) is 10.4. The van der Waals surface area contributed by atoms with Crippen molar-refractivity contribution in [2.24, 2.45) is 0 Å². The Kier molecular flexibility index (Phi) is 7.54. The first-order valence-corrected chi connectivity index (χ1v) is 12.4. The third kappa shape index (κ3) is 5.19. The molecule has 0 bridgehead atoms. The number of hydrogen-bond acceptors (Lipinski definition) is 5. The Bertz CT molecular complexity index is 940. The molecule has 1 heterocycles. The van der Waals surface area contributed by atoms with Crippen LogP contribution in [0.15, 0.2) is 46.9 Å². The van der Waals surface area contributed by atoms with E-state index in [2.05, 4.69) is 57.8 Å². The minimum absolute atomic E-state index is 0.0426. The van der Waals surface area contributed by atoms with Crippen LogP contribution in [0.25, 0.3) is 0 Å². The lowest BCUT2D eigenvalue weighted by atomic mass is 10.1. The van der Waals surface area contributed by atoms with E-state index >= 15 is 0 Å². The summed E-state index contributed by atoms with van der Waals surface area (Å²) in [4.78, 5) is 17.2. The summed E-state index contributed by atoms with van der Waals surface area (Å²) in [5.74, 6) is 0.542. The Morgan fingerprint density at radius 1 is 1.09 bits per heavy atom. The summed E-state index contributed by atoms with van der Waals surface area (Å²) in [6, 6.07) is 15.3. The topological polar surface area (TPSA) is 42.0 Å². The monoisotopic (exact) mass is 500 g/mol. The van der Waals surface area contributed by atoms with E-state index in [-0.39, 0.29) is 18.5 Å². The smallest absolute Gasteiger partial charge is 0.310 e. The fourth-order valence-corrected chi connectivity index (χ4v) is 5.27. The third-order valence-corrected chi connectivity index (χ3v) is 7.09. The maximum absolute atomic E-state index is 12.1. The number of fused-ring (bicyclic) bond motifs is 1. The number of esters is 1. The number of para-hydroxylation sites is 1. The number of halogens is 1. The maximum Gasteiger partial charge on any atom is 0.310 e. The minimum Gasteiger partial charge on any atom is -0.485 e. The number of piperazine rings is 1. The molecule has 4 rings (SSSR count). The highest BCUT2D eigenvalue weighted by Crippen LogP contribution is 2.46. The van der Waals surface area contributed by atoms with Crippen molar-refractivity contribution in [3.05, 3.63) is 63.6 Å². The molecule has 2 aromatic carbocycles. The summed E-state index contributed by atoms with van der Waals surface area (Å²) in [5.41, 5.74) is 3.47. The number of benzene rings is 2. The van der Waals surface area contributed by atoms with E-state index in [1.54, 1.807) is 0 Å². The lowest BCUT2D eigenvalue weighted by molar-refractivity contribution is -0.142. The van der Waals surface area contributed by atoms with E-state index in [1.165, 1.54) is 11.1 Å². The predicted octanol–water partition coefficient (Wildman–Crippen LogP) is 5.15. The molecule has 2 unspecified atom stereocenters. The van der Waals surface area contributed by atoms with Gasteiger partial charge in [-0.25, -0.2) is 0 Å². The summed E-state index contributed by atoms with van der Waals surface area (Å²) in [6.07, 6.45) is 1.10. The first-order valence-electron chi connectivity index (χ1n) is 11.6. The van der Waals surface area contributed by atoms with Crippen LogP contribution in [0.1, 0.15) is 56.0 Å². The molecule has 0 radical (unpaired) electrons. The van der Waals surface area contributed by atoms with Crippen LogP contribution in [0, 0.1) is 0 Å². The zero-order valence-corrected chi connectivity index (χ0v) is 20.8.